The number of carboxylic acid groups (broad SMARTS) is 1. The topological polar surface area (TPSA) is 174 Å². The number of nitrogens with zero attached hydrogens (tertiary/aromatic N) is 4. The maximum atomic E-state index is 14.4. The molecule has 1 saturated carbocycles. The van der Waals surface area contributed by atoms with Gasteiger partial charge in [-0.05, 0) is 65.5 Å². The van der Waals surface area contributed by atoms with Crippen LogP contribution in [0, 0.1) is 12.8 Å². The molecule has 6 rings (SSSR count). The number of ether oxygens (including phenoxy) is 3. The summed E-state index contributed by atoms with van der Waals surface area (Å²) < 4.78 is 19.3. The van der Waals surface area contributed by atoms with Gasteiger partial charge in [0.05, 0.1) is 24.9 Å². The van der Waals surface area contributed by atoms with E-state index in [4.69, 9.17) is 19.2 Å². The van der Waals surface area contributed by atoms with E-state index in [9.17, 15) is 24.3 Å². The highest BCUT2D eigenvalue weighted by Crippen LogP contribution is 2.45. The number of methoxy groups -OCH3 is 1. The first-order valence-corrected chi connectivity index (χ1v) is 17.4. The van der Waals surface area contributed by atoms with Crippen LogP contribution in [0.4, 0.5) is 4.79 Å². The zero-order valence-corrected chi connectivity index (χ0v) is 29.7. The number of hydrogen-bond acceptors (Lipinski definition) is 9. The van der Waals surface area contributed by atoms with Crippen LogP contribution in [0.25, 0.3) is 16.7 Å². The van der Waals surface area contributed by atoms with Gasteiger partial charge in [0.15, 0.2) is 0 Å². The fourth-order valence-electron chi connectivity index (χ4n) is 6.84. The molecule has 3 amide bonds. The maximum absolute atomic E-state index is 14.4. The molecule has 1 aromatic carbocycles. The van der Waals surface area contributed by atoms with Crippen molar-refractivity contribution in [2.24, 2.45) is 5.92 Å². The number of rotatable bonds is 6. The molecule has 272 valence electrons. The maximum Gasteiger partial charge on any atom is 0.408 e. The first-order chi connectivity index (χ1) is 24.3. The second kappa shape index (κ2) is 14.2. The van der Waals surface area contributed by atoms with Crippen molar-refractivity contribution in [2.75, 3.05) is 13.7 Å². The van der Waals surface area contributed by atoms with E-state index in [0.717, 1.165) is 25.0 Å². The van der Waals surface area contributed by atoms with E-state index >= 15 is 0 Å². The molecule has 14 nitrogen and oxygen atoms in total. The van der Waals surface area contributed by atoms with Crippen LogP contribution < -0.4 is 20.1 Å². The van der Waals surface area contributed by atoms with Gasteiger partial charge in [-0.1, -0.05) is 25.0 Å². The molecule has 2 aromatic heterocycles. The van der Waals surface area contributed by atoms with Gasteiger partial charge in [0, 0.05) is 36.1 Å². The van der Waals surface area contributed by atoms with E-state index in [2.05, 4.69) is 15.6 Å². The minimum absolute atomic E-state index is 0.0201. The third kappa shape index (κ3) is 7.94. The lowest BCUT2D eigenvalue weighted by molar-refractivity contribution is -0.145. The molecular formula is C37H46N6O8. The molecule has 14 heteroatoms. The van der Waals surface area contributed by atoms with Gasteiger partial charge in [0.2, 0.25) is 11.8 Å². The Hall–Kier alpha value is -5.14. The van der Waals surface area contributed by atoms with Crippen LogP contribution in [0.5, 0.6) is 11.5 Å². The summed E-state index contributed by atoms with van der Waals surface area (Å²) in [6.07, 6.45) is 9.63. The van der Waals surface area contributed by atoms with Crippen molar-refractivity contribution in [2.45, 2.75) is 102 Å². The number of hydrogen-bond donors (Lipinski definition) is 3. The van der Waals surface area contributed by atoms with E-state index in [0.29, 0.717) is 41.1 Å². The Morgan fingerprint density at radius 3 is 2.65 bits per heavy atom. The molecule has 1 saturated heterocycles. The van der Waals surface area contributed by atoms with Crippen molar-refractivity contribution in [3.8, 4) is 17.3 Å². The number of alkyl carbamates (subject to hydrolysis) is 1. The normalized spacial score (nSPS) is 26.2. The average molecular weight is 703 g/mol. The summed E-state index contributed by atoms with van der Waals surface area (Å²) in [6.45, 7) is 7.11. The molecule has 0 radical (unpaired) electrons. The van der Waals surface area contributed by atoms with E-state index in [1.807, 2.05) is 31.3 Å². The predicted octanol–water partition coefficient (Wildman–Crippen LogP) is 4.46. The number of pyridine rings is 1. The smallest absolute Gasteiger partial charge is 0.408 e. The number of fused-ring (bicyclic) bond motifs is 3. The SMILES string of the molecule is COc1ccc2c(O[C@@H]3C[C@H]4C(=O)N[C@]5(C(=O)O)CC5/C=C\CCCCC[C@H](NC(=O)OC(C)(C)C)C(=O)N4C3)cc(-n3cnc(C)c3)nc2c1. The lowest BCUT2D eigenvalue weighted by atomic mass is 10.0. The van der Waals surface area contributed by atoms with E-state index in [1.54, 1.807) is 57.0 Å². The Kier molecular flexibility index (Phi) is 9.96. The molecule has 3 aliphatic rings. The largest absolute Gasteiger partial charge is 0.497 e. The Labute approximate surface area is 296 Å². The van der Waals surface area contributed by atoms with Crippen molar-refractivity contribution in [1.82, 2.24) is 30.1 Å². The van der Waals surface area contributed by atoms with Gasteiger partial charge in [-0.15, -0.1) is 0 Å². The number of allylic oxidation sites excluding steroid dienone is 1. The highest BCUT2D eigenvalue weighted by atomic mass is 16.6. The number of carbonyl (C=O) groups excluding carboxylic acids is 3. The number of aliphatic carboxylic acids is 1. The molecule has 51 heavy (non-hydrogen) atoms. The van der Waals surface area contributed by atoms with Crippen molar-refractivity contribution >= 4 is 34.8 Å². The number of carboxylic acids is 1. The van der Waals surface area contributed by atoms with Crippen LogP contribution in [-0.2, 0) is 19.1 Å². The van der Waals surface area contributed by atoms with Gasteiger partial charge in [0.25, 0.3) is 0 Å². The average Bonchev–Trinajstić information content (AvgIpc) is 3.34. The minimum atomic E-state index is -1.45. The predicted molar refractivity (Wildman–Crippen MR) is 187 cm³/mol. The van der Waals surface area contributed by atoms with Gasteiger partial charge in [-0.25, -0.2) is 19.6 Å². The van der Waals surface area contributed by atoms with E-state index in [-0.39, 0.29) is 25.3 Å². The summed E-state index contributed by atoms with van der Waals surface area (Å²) >= 11 is 0. The Morgan fingerprint density at radius 2 is 1.94 bits per heavy atom. The van der Waals surface area contributed by atoms with Crippen molar-refractivity contribution in [1.29, 1.82) is 0 Å². The van der Waals surface area contributed by atoms with Crippen LogP contribution in [0.3, 0.4) is 0 Å². The molecule has 1 unspecified atom stereocenters. The monoisotopic (exact) mass is 702 g/mol. The number of benzene rings is 1. The summed E-state index contributed by atoms with van der Waals surface area (Å²) in [6, 6.07) is 5.18. The van der Waals surface area contributed by atoms with Crippen molar-refractivity contribution in [3.05, 3.63) is 54.6 Å². The number of aryl methyl sites for hydroxylation is 1. The summed E-state index contributed by atoms with van der Waals surface area (Å²) in [5, 5.41) is 16.4. The summed E-state index contributed by atoms with van der Waals surface area (Å²) in [7, 11) is 1.57. The lowest BCUT2D eigenvalue weighted by Crippen LogP contribution is -2.56. The molecule has 2 fully saturated rings. The van der Waals surface area contributed by atoms with Gasteiger partial charge in [-0.3, -0.25) is 14.2 Å². The van der Waals surface area contributed by atoms with E-state index in [1.165, 1.54) is 4.90 Å². The summed E-state index contributed by atoms with van der Waals surface area (Å²) in [5.74, 6) is -0.891. The molecule has 0 spiro atoms. The molecule has 4 heterocycles. The zero-order valence-electron chi connectivity index (χ0n) is 29.7. The van der Waals surface area contributed by atoms with Gasteiger partial charge in [0.1, 0.15) is 53.0 Å². The molecular weight excluding hydrogens is 656 g/mol. The van der Waals surface area contributed by atoms with Crippen molar-refractivity contribution in [3.63, 3.8) is 0 Å². The number of aromatic nitrogens is 3. The molecule has 0 bridgehead atoms. The standard InChI is InChI=1S/C37H46N6O8/c1-22-19-42(21-38-22)31-17-30(26-14-13-24(49-5)15-28(26)39-31)50-25-16-29-32(44)41-37(34(46)47)18-23(37)11-9-7-6-8-10-12-27(33(45)43(29)20-25)40-35(48)51-36(2,3)4/h9,11,13-15,17,19,21,23,25,27,29H,6-8,10,12,16,18,20H2,1-5H3,(H,40,48)(H,41,44)(H,46,47)/b11-9-/t23?,25-,27+,29+,37-/m1/s1. The Morgan fingerprint density at radius 1 is 1.14 bits per heavy atom. The second-order valence-corrected chi connectivity index (χ2v) is 14.6. The molecule has 1 aliphatic carbocycles. The fraction of sp³-hybridized carbons (Fsp3) is 0.514. The Bertz CT molecular complexity index is 1850. The zero-order chi connectivity index (χ0) is 36.5. The molecule has 2 aliphatic heterocycles. The highest BCUT2D eigenvalue weighted by Gasteiger charge is 2.61. The first-order valence-electron chi connectivity index (χ1n) is 17.4. The summed E-state index contributed by atoms with van der Waals surface area (Å²) in [4.78, 5) is 64.4. The number of carbonyl (C=O) groups is 4. The van der Waals surface area contributed by atoms with E-state index < -0.39 is 53.2 Å². The highest BCUT2D eigenvalue weighted by molar-refractivity contribution is 5.96. The molecule has 3 aromatic rings. The minimum Gasteiger partial charge on any atom is -0.497 e. The van der Waals surface area contributed by atoms with Crippen LogP contribution in [-0.4, -0.2) is 91.4 Å². The van der Waals surface area contributed by atoms with Gasteiger partial charge < -0.3 is 34.9 Å². The quantitative estimate of drug-likeness (QED) is 0.311. The lowest BCUT2D eigenvalue weighted by Gasteiger charge is -2.30. The molecule has 3 N–H and O–H groups in total. The number of amides is 3. The third-order valence-electron chi connectivity index (χ3n) is 9.55. The van der Waals surface area contributed by atoms with Gasteiger partial charge >= 0.3 is 12.1 Å². The van der Waals surface area contributed by atoms with Crippen LogP contribution in [0.15, 0.2) is 48.9 Å². The third-order valence-corrected chi connectivity index (χ3v) is 9.55. The fourth-order valence-corrected chi connectivity index (χ4v) is 6.84. The summed E-state index contributed by atoms with van der Waals surface area (Å²) in [5.41, 5.74) is -0.829. The number of nitrogens with one attached hydrogen (secondary N) is 2. The van der Waals surface area contributed by atoms with Gasteiger partial charge in [-0.2, -0.15) is 0 Å². The van der Waals surface area contributed by atoms with Crippen molar-refractivity contribution < 1.29 is 38.5 Å². The van der Waals surface area contributed by atoms with Crippen LogP contribution in [0.1, 0.15) is 71.4 Å². The Balaban J connectivity index is 1.34. The first kappa shape index (κ1) is 35.7. The molecule has 5 atom stereocenters. The second-order valence-electron chi connectivity index (χ2n) is 14.6. The van der Waals surface area contributed by atoms with Crippen LogP contribution in [0.2, 0.25) is 0 Å². The van der Waals surface area contributed by atoms with Crippen LogP contribution >= 0.6 is 0 Å². The number of imidazole rings is 1.